The molecule has 206 valence electrons. The van der Waals surface area contributed by atoms with Crippen LogP contribution in [-0.4, -0.2) is 34.4 Å². The average Bonchev–Trinajstić information content (AvgIpc) is 3.03. The average molecular weight is 513 g/mol. The normalized spacial score (nSPS) is 41.5. The lowest BCUT2D eigenvalue weighted by atomic mass is 9.44. The van der Waals surface area contributed by atoms with Gasteiger partial charge in [-0.15, -0.1) is 0 Å². The number of aliphatic carboxylic acids is 1. The van der Waals surface area contributed by atoms with Gasteiger partial charge in [-0.25, -0.2) is 4.79 Å². The minimum Gasteiger partial charge on any atom is -0.478 e. The Morgan fingerprint density at radius 2 is 1.81 bits per heavy atom. The SMILES string of the molecule is CC(=O)O[C@H]1C[C@H]([C@H](C)CC/C=C(\C)C(=O)O)[C@@]2(C)CC=C3C(=CCC4C(C)(C)[C@H](O)CC[C@]34C)[C@]12C. The number of aliphatic hydroxyl groups is 1. The van der Waals surface area contributed by atoms with Gasteiger partial charge in [0.2, 0.25) is 0 Å². The van der Waals surface area contributed by atoms with Gasteiger partial charge in [0.15, 0.2) is 0 Å². The minimum atomic E-state index is -0.859. The molecule has 0 aromatic rings. The highest BCUT2D eigenvalue weighted by Crippen LogP contribution is 2.72. The fourth-order valence-corrected chi connectivity index (χ4v) is 9.13. The van der Waals surface area contributed by atoms with E-state index in [1.165, 1.54) is 18.1 Å². The molecule has 0 bridgehead atoms. The van der Waals surface area contributed by atoms with E-state index in [-0.39, 0.29) is 39.8 Å². The molecule has 8 atom stereocenters. The Balaban J connectivity index is 1.73. The molecule has 0 radical (unpaired) electrons. The molecule has 2 N–H and O–H groups in total. The molecule has 0 heterocycles. The van der Waals surface area contributed by atoms with Gasteiger partial charge in [0.05, 0.1) is 6.10 Å². The standard InChI is InChI=1S/C32H48O5/c1-19(10-9-11-20(2)28(35)36)24-18-27(37-21(3)33)32(8)23-12-13-25-29(4,5)26(34)15-16-30(25,6)22(23)14-17-31(24,32)7/h11-12,14,19,24-27,34H,9-10,13,15-18H2,1-8H3,(H,35,36)/b20-11+/t19-,24-,25?,26-,27+,30-,31-,32-/m1/s1. The van der Waals surface area contributed by atoms with Crippen molar-refractivity contribution in [1.82, 2.24) is 0 Å². The van der Waals surface area contributed by atoms with E-state index in [0.717, 1.165) is 44.9 Å². The number of hydrogen-bond acceptors (Lipinski definition) is 4. The Kier molecular flexibility index (Phi) is 7.14. The minimum absolute atomic E-state index is 0.000777. The highest BCUT2D eigenvalue weighted by atomic mass is 16.5. The highest BCUT2D eigenvalue weighted by molar-refractivity contribution is 5.85. The number of fused-ring (bicyclic) bond motifs is 5. The summed E-state index contributed by atoms with van der Waals surface area (Å²) in [5.74, 6) is 0.0188. The number of allylic oxidation sites excluding steroid dienone is 4. The Hall–Kier alpha value is -1.88. The second-order valence-electron chi connectivity index (χ2n) is 13.8. The van der Waals surface area contributed by atoms with Crippen molar-refractivity contribution < 1.29 is 24.5 Å². The van der Waals surface area contributed by atoms with Crippen LogP contribution in [0.15, 0.2) is 34.9 Å². The lowest BCUT2D eigenvalue weighted by molar-refractivity contribution is -0.152. The molecular formula is C32H48O5. The number of carboxylic acids is 1. The Morgan fingerprint density at radius 1 is 1.14 bits per heavy atom. The largest absolute Gasteiger partial charge is 0.478 e. The summed E-state index contributed by atoms with van der Waals surface area (Å²) in [7, 11) is 0. The fraction of sp³-hybridized carbons (Fsp3) is 0.750. The van der Waals surface area contributed by atoms with E-state index in [9.17, 15) is 19.8 Å². The Bertz CT molecular complexity index is 1050. The van der Waals surface area contributed by atoms with Crippen LogP contribution < -0.4 is 0 Å². The molecule has 2 fully saturated rings. The van der Waals surface area contributed by atoms with E-state index in [2.05, 4.69) is 53.7 Å². The van der Waals surface area contributed by atoms with Crippen molar-refractivity contribution in [2.24, 2.45) is 39.4 Å². The number of hydrogen-bond donors (Lipinski definition) is 2. The van der Waals surface area contributed by atoms with E-state index >= 15 is 0 Å². The molecule has 4 aliphatic rings. The summed E-state index contributed by atoms with van der Waals surface area (Å²) in [6.45, 7) is 17.1. The van der Waals surface area contributed by atoms with Gasteiger partial charge >= 0.3 is 11.9 Å². The monoisotopic (exact) mass is 512 g/mol. The van der Waals surface area contributed by atoms with Crippen LogP contribution in [0.25, 0.3) is 0 Å². The molecule has 5 nitrogen and oxygen atoms in total. The van der Waals surface area contributed by atoms with Crippen LogP contribution in [0, 0.1) is 39.4 Å². The van der Waals surface area contributed by atoms with Gasteiger partial charge in [-0.3, -0.25) is 4.79 Å². The number of ether oxygens (including phenoxy) is 1. The van der Waals surface area contributed by atoms with E-state index in [4.69, 9.17) is 4.74 Å². The molecule has 0 aromatic carbocycles. The number of rotatable bonds is 6. The maximum atomic E-state index is 12.3. The Morgan fingerprint density at radius 3 is 2.43 bits per heavy atom. The van der Waals surface area contributed by atoms with Crippen LogP contribution in [0.1, 0.15) is 100 Å². The summed E-state index contributed by atoms with van der Waals surface area (Å²) in [6, 6.07) is 0. The van der Waals surface area contributed by atoms with E-state index in [1.807, 2.05) is 6.08 Å². The zero-order valence-electron chi connectivity index (χ0n) is 24.2. The van der Waals surface area contributed by atoms with E-state index < -0.39 is 5.97 Å². The first-order valence-electron chi connectivity index (χ1n) is 14.3. The van der Waals surface area contributed by atoms with Crippen LogP contribution in [0.5, 0.6) is 0 Å². The van der Waals surface area contributed by atoms with Gasteiger partial charge in [-0.2, -0.15) is 0 Å². The summed E-state index contributed by atoms with van der Waals surface area (Å²) in [6.07, 6.45) is 12.4. The first-order valence-corrected chi connectivity index (χ1v) is 14.3. The quantitative estimate of drug-likeness (QED) is 0.300. The van der Waals surface area contributed by atoms with Crippen molar-refractivity contribution in [2.45, 2.75) is 113 Å². The molecular weight excluding hydrogens is 464 g/mol. The highest BCUT2D eigenvalue weighted by Gasteiger charge is 2.67. The third-order valence-electron chi connectivity index (χ3n) is 11.7. The van der Waals surface area contributed by atoms with Gasteiger partial charge in [-0.05, 0) is 97.0 Å². The molecule has 0 aromatic heterocycles. The topological polar surface area (TPSA) is 83.8 Å². The molecule has 0 saturated heterocycles. The summed E-state index contributed by atoms with van der Waals surface area (Å²) in [5, 5.41) is 20.1. The van der Waals surface area contributed by atoms with Gasteiger partial charge in [0.1, 0.15) is 6.10 Å². The third-order valence-corrected chi connectivity index (χ3v) is 11.7. The second kappa shape index (κ2) is 9.39. The van der Waals surface area contributed by atoms with Crippen LogP contribution in [0.2, 0.25) is 0 Å². The predicted octanol–water partition coefficient (Wildman–Crippen LogP) is 6.86. The maximum absolute atomic E-state index is 12.3. The molecule has 0 aliphatic heterocycles. The van der Waals surface area contributed by atoms with Crippen molar-refractivity contribution in [3.8, 4) is 0 Å². The van der Waals surface area contributed by atoms with E-state index in [0.29, 0.717) is 23.3 Å². The number of esters is 1. The van der Waals surface area contributed by atoms with Crippen LogP contribution in [-0.2, 0) is 14.3 Å². The lowest BCUT2D eigenvalue weighted by Gasteiger charge is -2.61. The third kappa shape index (κ3) is 4.15. The molecule has 0 spiro atoms. The molecule has 4 rings (SSSR count). The predicted molar refractivity (Wildman–Crippen MR) is 146 cm³/mol. The molecule has 5 heteroatoms. The number of carboxylic acid groups (broad SMARTS) is 1. The lowest BCUT2D eigenvalue weighted by Crippen LogP contribution is -2.56. The van der Waals surface area contributed by atoms with Crippen molar-refractivity contribution in [1.29, 1.82) is 0 Å². The summed E-state index contributed by atoms with van der Waals surface area (Å²) in [5.41, 5.74) is 2.68. The summed E-state index contributed by atoms with van der Waals surface area (Å²) in [4.78, 5) is 23.6. The van der Waals surface area contributed by atoms with Crippen molar-refractivity contribution >= 4 is 11.9 Å². The van der Waals surface area contributed by atoms with Crippen molar-refractivity contribution in [3.05, 3.63) is 34.9 Å². The van der Waals surface area contributed by atoms with Gasteiger partial charge in [0, 0.05) is 17.9 Å². The molecule has 37 heavy (non-hydrogen) atoms. The van der Waals surface area contributed by atoms with Gasteiger partial charge in [0.25, 0.3) is 0 Å². The molecule has 1 unspecified atom stereocenters. The smallest absolute Gasteiger partial charge is 0.330 e. The molecule has 0 amide bonds. The summed E-state index contributed by atoms with van der Waals surface area (Å²) >= 11 is 0. The van der Waals surface area contributed by atoms with Crippen LogP contribution in [0.3, 0.4) is 0 Å². The zero-order chi connectivity index (χ0) is 27.6. The Labute approximate surface area is 223 Å². The first kappa shape index (κ1) is 28.1. The maximum Gasteiger partial charge on any atom is 0.330 e. The second-order valence-corrected chi connectivity index (χ2v) is 13.8. The van der Waals surface area contributed by atoms with Crippen molar-refractivity contribution in [2.75, 3.05) is 0 Å². The number of aliphatic hydroxyl groups excluding tert-OH is 1. The van der Waals surface area contributed by atoms with Crippen molar-refractivity contribution in [3.63, 3.8) is 0 Å². The van der Waals surface area contributed by atoms with E-state index in [1.54, 1.807) is 6.92 Å². The van der Waals surface area contributed by atoms with Gasteiger partial charge < -0.3 is 14.9 Å². The number of carbonyl (C=O) groups is 2. The zero-order valence-corrected chi connectivity index (χ0v) is 24.2. The van der Waals surface area contributed by atoms with Crippen LogP contribution >= 0.6 is 0 Å². The first-order chi connectivity index (χ1) is 17.1. The number of carbonyl (C=O) groups excluding carboxylic acids is 1. The molecule has 2 saturated carbocycles. The van der Waals surface area contributed by atoms with Crippen LogP contribution in [0.4, 0.5) is 0 Å². The molecule has 4 aliphatic carbocycles. The summed E-state index contributed by atoms with van der Waals surface area (Å²) < 4.78 is 6.14. The van der Waals surface area contributed by atoms with Gasteiger partial charge in [-0.1, -0.05) is 59.8 Å². The fourth-order valence-electron chi connectivity index (χ4n) is 9.13.